The number of nitrogens with zero attached hydrogens (tertiary/aromatic N) is 1. The summed E-state index contributed by atoms with van der Waals surface area (Å²) in [6.45, 7) is 3.66. The quantitative estimate of drug-likeness (QED) is 0.536. The van der Waals surface area contributed by atoms with E-state index in [4.69, 9.17) is 0 Å². The van der Waals surface area contributed by atoms with Crippen molar-refractivity contribution in [3.8, 4) is 0 Å². The number of carbonyl (C=O) groups excluding carboxylic acids is 1. The van der Waals surface area contributed by atoms with Crippen molar-refractivity contribution in [2.24, 2.45) is 5.41 Å². The summed E-state index contributed by atoms with van der Waals surface area (Å²) < 4.78 is 0. The number of carboxylic acid groups (broad SMARTS) is 1. The van der Waals surface area contributed by atoms with Gasteiger partial charge in [-0.2, -0.15) is 0 Å². The minimum absolute atomic E-state index is 0.00947. The number of benzene rings is 1. The molecule has 0 saturated carbocycles. The van der Waals surface area contributed by atoms with E-state index in [1.54, 1.807) is 26.0 Å². The summed E-state index contributed by atoms with van der Waals surface area (Å²) >= 11 is 0. The van der Waals surface area contributed by atoms with Crippen molar-refractivity contribution < 1.29 is 19.6 Å². The maximum Gasteiger partial charge on any atom is 0.311 e. The molecule has 2 N–H and O–H groups in total. The van der Waals surface area contributed by atoms with Crippen molar-refractivity contribution in [2.75, 3.05) is 6.54 Å². The van der Waals surface area contributed by atoms with Crippen LogP contribution in [0.4, 0.5) is 5.69 Å². The van der Waals surface area contributed by atoms with Gasteiger partial charge in [0.25, 0.3) is 5.69 Å². The van der Waals surface area contributed by atoms with E-state index in [0.29, 0.717) is 24.8 Å². The third-order valence-corrected chi connectivity index (χ3v) is 4.19. The Kier molecular flexibility index (Phi) is 6.68. The number of hydrogen-bond acceptors (Lipinski definition) is 4. The molecule has 126 valence electrons. The van der Waals surface area contributed by atoms with E-state index < -0.39 is 16.3 Å². The van der Waals surface area contributed by atoms with E-state index in [1.807, 2.05) is 0 Å². The van der Waals surface area contributed by atoms with Gasteiger partial charge in [-0.1, -0.05) is 26.0 Å². The molecule has 0 bridgehead atoms. The molecule has 0 spiro atoms. The van der Waals surface area contributed by atoms with E-state index in [0.717, 1.165) is 0 Å². The monoisotopic (exact) mass is 322 g/mol. The van der Waals surface area contributed by atoms with Gasteiger partial charge in [0, 0.05) is 25.1 Å². The largest absolute Gasteiger partial charge is 0.481 e. The molecular weight excluding hydrogens is 300 g/mol. The topological polar surface area (TPSA) is 110 Å². The van der Waals surface area contributed by atoms with Gasteiger partial charge >= 0.3 is 5.97 Å². The van der Waals surface area contributed by atoms with Crippen LogP contribution >= 0.6 is 0 Å². The molecule has 1 amide bonds. The summed E-state index contributed by atoms with van der Waals surface area (Å²) in [5.74, 6) is -1.18. The van der Waals surface area contributed by atoms with Crippen LogP contribution in [0.3, 0.4) is 0 Å². The Hall–Kier alpha value is -2.44. The first-order valence-corrected chi connectivity index (χ1v) is 7.58. The molecule has 1 rings (SSSR count). The highest BCUT2D eigenvalue weighted by Gasteiger charge is 2.34. The van der Waals surface area contributed by atoms with Crippen LogP contribution in [0, 0.1) is 15.5 Å². The highest BCUT2D eigenvalue weighted by molar-refractivity contribution is 5.79. The first-order valence-electron chi connectivity index (χ1n) is 7.58. The molecule has 1 aromatic carbocycles. The fraction of sp³-hybridized carbons (Fsp3) is 0.500. The third kappa shape index (κ3) is 5.05. The van der Waals surface area contributed by atoms with Crippen LogP contribution in [0.25, 0.3) is 0 Å². The maximum atomic E-state index is 11.9. The fourth-order valence-corrected chi connectivity index (χ4v) is 2.32. The van der Waals surface area contributed by atoms with Crippen molar-refractivity contribution in [1.29, 1.82) is 0 Å². The average molecular weight is 322 g/mol. The van der Waals surface area contributed by atoms with Crippen molar-refractivity contribution >= 4 is 17.6 Å². The Balaban J connectivity index is 2.56. The first-order chi connectivity index (χ1) is 10.8. The van der Waals surface area contributed by atoms with Crippen LogP contribution in [0.5, 0.6) is 0 Å². The lowest BCUT2D eigenvalue weighted by molar-refractivity contribution is -0.384. The number of aryl methyl sites for hydroxylation is 1. The minimum Gasteiger partial charge on any atom is -0.481 e. The number of nitro groups is 1. The lowest BCUT2D eigenvalue weighted by atomic mass is 9.82. The van der Waals surface area contributed by atoms with Gasteiger partial charge < -0.3 is 10.4 Å². The average Bonchev–Trinajstić information content (AvgIpc) is 2.54. The highest BCUT2D eigenvalue weighted by Crippen LogP contribution is 2.25. The van der Waals surface area contributed by atoms with Crippen LogP contribution < -0.4 is 5.32 Å². The number of carbonyl (C=O) groups is 2. The lowest BCUT2D eigenvalue weighted by Crippen LogP contribution is -2.42. The van der Waals surface area contributed by atoms with Crippen molar-refractivity contribution in [1.82, 2.24) is 5.32 Å². The molecule has 7 nitrogen and oxygen atoms in total. The van der Waals surface area contributed by atoms with Crippen LogP contribution in [-0.2, 0) is 16.0 Å². The normalized spacial score (nSPS) is 11.0. The second kappa shape index (κ2) is 8.26. The number of aliphatic carboxylic acids is 1. The molecule has 0 atom stereocenters. The third-order valence-electron chi connectivity index (χ3n) is 4.19. The SMILES string of the molecule is CCC(CC)(CNC(=O)CCc1cccc([N+](=O)[O-])c1)C(=O)O. The molecule has 0 aliphatic carbocycles. The van der Waals surface area contributed by atoms with Gasteiger partial charge in [0.15, 0.2) is 0 Å². The summed E-state index contributed by atoms with van der Waals surface area (Å²) in [5, 5.41) is 22.7. The summed E-state index contributed by atoms with van der Waals surface area (Å²) in [6, 6.07) is 6.13. The molecular formula is C16H22N2O5. The van der Waals surface area contributed by atoms with Gasteiger partial charge in [-0.25, -0.2) is 0 Å². The Morgan fingerprint density at radius 3 is 2.48 bits per heavy atom. The molecule has 0 radical (unpaired) electrons. The fourth-order valence-electron chi connectivity index (χ4n) is 2.32. The molecule has 0 aliphatic heterocycles. The van der Waals surface area contributed by atoms with E-state index in [-0.39, 0.29) is 24.6 Å². The Bertz CT molecular complexity index is 582. The molecule has 0 unspecified atom stereocenters. The molecule has 7 heteroatoms. The highest BCUT2D eigenvalue weighted by atomic mass is 16.6. The number of nitrogens with one attached hydrogen (secondary N) is 1. The summed E-state index contributed by atoms with van der Waals surface area (Å²) in [7, 11) is 0. The predicted octanol–water partition coefficient (Wildman–Crippen LogP) is 2.53. The molecule has 1 aromatic rings. The zero-order valence-electron chi connectivity index (χ0n) is 13.4. The molecule has 0 aliphatic rings. The van der Waals surface area contributed by atoms with Crippen molar-refractivity contribution in [3.05, 3.63) is 39.9 Å². The van der Waals surface area contributed by atoms with Gasteiger partial charge in [0.2, 0.25) is 5.91 Å². The lowest BCUT2D eigenvalue weighted by Gasteiger charge is -2.26. The zero-order chi connectivity index (χ0) is 17.5. The maximum absolute atomic E-state index is 11.9. The smallest absolute Gasteiger partial charge is 0.311 e. The number of rotatable bonds is 9. The molecule has 0 saturated heterocycles. The van der Waals surface area contributed by atoms with Crippen LogP contribution in [0.15, 0.2) is 24.3 Å². The second-order valence-corrected chi connectivity index (χ2v) is 5.50. The molecule has 0 heterocycles. The standard InChI is InChI=1S/C16H22N2O5/c1-3-16(4-2,15(20)21)11-17-14(19)9-8-12-6-5-7-13(10-12)18(22)23/h5-7,10H,3-4,8-9,11H2,1-2H3,(H,17,19)(H,20,21). The van der Waals surface area contributed by atoms with Gasteiger partial charge in [-0.15, -0.1) is 0 Å². The van der Waals surface area contributed by atoms with Gasteiger partial charge in [0.05, 0.1) is 10.3 Å². The molecule has 23 heavy (non-hydrogen) atoms. The van der Waals surface area contributed by atoms with Gasteiger partial charge in [-0.05, 0) is 24.8 Å². The summed E-state index contributed by atoms with van der Waals surface area (Å²) in [6.07, 6.45) is 1.39. The van der Waals surface area contributed by atoms with E-state index >= 15 is 0 Å². The van der Waals surface area contributed by atoms with E-state index in [1.165, 1.54) is 12.1 Å². The molecule has 0 fully saturated rings. The molecule has 0 aromatic heterocycles. The van der Waals surface area contributed by atoms with Crippen molar-refractivity contribution in [3.63, 3.8) is 0 Å². The van der Waals surface area contributed by atoms with E-state index in [9.17, 15) is 24.8 Å². The van der Waals surface area contributed by atoms with Crippen LogP contribution in [0.1, 0.15) is 38.7 Å². The van der Waals surface area contributed by atoms with Gasteiger partial charge in [-0.3, -0.25) is 19.7 Å². The number of nitro benzene ring substituents is 1. The summed E-state index contributed by atoms with van der Waals surface area (Å²) in [5.41, 5.74) is -0.254. The predicted molar refractivity (Wildman–Crippen MR) is 85.1 cm³/mol. The Morgan fingerprint density at radius 2 is 1.96 bits per heavy atom. The minimum atomic E-state index is -0.943. The number of non-ortho nitro benzene ring substituents is 1. The van der Waals surface area contributed by atoms with Crippen molar-refractivity contribution in [2.45, 2.75) is 39.5 Å². The second-order valence-electron chi connectivity index (χ2n) is 5.50. The van der Waals surface area contributed by atoms with Crippen LogP contribution in [0.2, 0.25) is 0 Å². The van der Waals surface area contributed by atoms with Crippen LogP contribution in [-0.4, -0.2) is 28.5 Å². The first kappa shape index (κ1) is 18.6. The number of carboxylic acids is 1. The Labute approximate surface area is 134 Å². The number of hydrogen-bond donors (Lipinski definition) is 2. The Morgan fingerprint density at radius 1 is 1.30 bits per heavy atom. The van der Waals surface area contributed by atoms with E-state index in [2.05, 4.69) is 5.32 Å². The summed E-state index contributed by atoms with van der Waals surface area (Å²) in [4.78, 5) is 33.5. The van der Waals surface area contributed by atoms with Gasteiger partial charge in [0.1, 0.15) is 0 Å². The zero-order valence-corrected chi connectivity index (χ0v) is 13.4. The number of amides is 1.